The summed E-state index contributed by atoms with van der Waals surface area (Å²) < 4.78 is 0. The molecule has 1 amide bonds. The molecule has 0 heterocycles. The second kappa shape index (κ2) is 8.90. The van der Waals surface area contributed by atoms with E-state index in [0.717, 1.165) is 16.7 Å². The summed E-state index contributed by atoms with van der Waals surface area (Å²) in [5, 5.41) is 4.14. The minimum atomic E-state index is -0.232. The van der Waals surface area contributed by atoms with Crippen LogP contribution in [0.3, 0.4) is 0 Å². The van der Waals surface area contributed by atoms with Gasteiger partial charge in [-0.15, -0.1) is 0 Å². The van der Waals surface area contributed by atoms with Crippen molar-refractivity contribution in [3.63, 3.8) is 0 Å². The number of carbonyl (C=O) groups is 1. The Morgan fingerprint density at radius 1 is 0.926 bits per heavy atom. The molecule has 0 aliphatic carbocycles. The van der Waals surface area contributed by atoms with Gasteiger partial charge in [-0.05, 0) is 41.8 Å². The van der Waals surface area contributed by atoms with Gasteiger partial charge in [-0.2, -0.15) is 0 Å². The molecule has 1 N–H and O–H groups in total. The highest BCUT2D eigenvalue weighted by Gasteiger charge is 2.15. The van der Waals surface area contributed by atoms with E-state index >= 15 is 0 Å². The van der Waals surface area contributed by atoms with Crippen LogP contribution in [0, 0.1) is 6.92 Å². The molecule has 27 heavy (non-hydrogen) atoms. The highest BCUT2D eigenvalue weighted by molar-refractivity contribution is 6.35. The lowest BCUT2D eigenvalue weighted by atomic mass is 9.98. The van der Waals surface area contributed by atoms with Crippen molar-refractivity contribution in [3.05, 3.63) is 111 Å². The molecule has 0 aliphatic rings. The summed E-state index contributed by atoms with van der Waals surface area (Å²) in [6.45, 7) is 2.04. The van der Waals surface area contributed by atoms with E-state index in [-0.39, 0.29) is 11.9 Å². The molecule has 136 valence electrons. The van der Waals surface area contributed by atoms with Crippen molar-refractivity contribution >= 4 is 35.2 Å². The normalized spacial score (nSPS) is 12.1. The van der Waals surface area contributed by atoms with Gasteiger partial charge in [0.15, 0.2) is 0 Å². The number of amides is 1. The molecule has 3 rings (SSSR count). The zero-order valence-corrected chi connectivity index (χ0v) is 16.3. The summed E-state index contributed by atoms with van der Waals surface area (Å²) in [4.78, 5) is 12.6. The second-order valence-corrected chi connectivity index (χ2v) is 7.11. The minimum absolute atomic E-state index is 0.199. The van der Waals surface area contributed by atoms with Crippen LogP contribution < -0.4 is 5.32 Å². The summed E-state index contributed by atoms with van der Waals surface area (Å²) in [7, 11) is 0. The number of hydrogen-bond donors (Lipinski definition) is 1. The van der Waals surface area contributed by atoms with Gasteiger partial charge in [0.25, 0.3) is 0 Å². The molecule has 0 radical (unpaired) electrons. The molecule has 0 spiro atoms. The Kier molecular flexibility index (Phi) is 6.33. The predicted octanol–water partition coefficient (Wildman–Crippen LogP) is 6.22. The van der Waals surface area contributed by atoms with Crippen molar-refractivity contribution in [2.75, 3.05) is 0 Å². The molecule has 0 aliphatic heterocycles. The van der Waals surface area contributed by atoms with E-state index in [2.05, 4.69) is 5.32 Å². The van der Waals surface area contributed by atoms with E-state index in [1.54, 1.807) is 24.3 Å². The Morgan fingerprint density at radius 2 is 1.59 bits per heavy atom. The van der Waals surface area contributed by atoms with Crippen molar-refractivity contribution in [2.45, 2.75) is 13.0 Å². The Labute approximate surface area is 169 Å². The Balaban J connectivity index is 1.82. The van der Waals surface area contributed by atoms with E-state index in [1.807, 2.05) is 61.5 Å². The Bertz CT molecular complexity index is 950. The van der Waals surface area contributed by atoms with Crippen LogP contribution in [0.15, 0.2) is 78.9 Å². The van der Waals surface area contributed by atoms with Crippen LogP contribution in [0.25, 0.3) is 6.08 Å². The molecule has 4 heteroatoms. The number of halogens is 2. The van der Waals surface area contributed by atoms with Crippen LogP contribution >= 0.6 is 23.2 Å². The van der Waals surface area contributed by atoms with Gasteiger partial charge >= 0.3 is 0 Å². The lowest BCUT2D eigenvalue weighted by molar-refractivity contribution is -0.116. The Hall–Kier alpha value is -2.55. The van der Waals surface area contributed by atoms with E-state index < -0.39 is 0 Å². The van der Waals surface area contributed by atoms with E-state index in [1.165, 1.54) is 11.6 Å². The first-order chi connectivity index (χ1) is 13.0. The third-order valence-electron chi connectivity index (χ3n) is 4.21. The standard InChI is InChI=1S/C23H19Cl2NO/c1-16-7-9-19(10-8-16)23(18-5-3-2-4-6-18)26-22(27)14-12-17-11-13-20(24)15-21(17)25/h2-15,23H,1H3,(H,26,27)/b14-12+. The highest BCUT2D eigenvalue weighted by atomic mass is 35.5. The average Bonchev–Trinajstić information content (AvgIpc) is 2.67. The van der Waals surface area contributed by atoms with Crippen molar-refractivity contribution < 1.29 is 4.79 Å². The topological polar surface area (TPSA) is 29.1 Å². The van der Waals surface area contributed by atoms with E-state index in [0.29, 0.717) is 10.0 Å². The number of carbonyl (C=O) groups excluding carboxylic acids is 1. The minimum Gasteiger partial charge on any atom is -0.342 e. The number of aryl methyl sites for hydroxylation is 1. The number of hydrogen-bond acceptors (Lipinski definition) is 1. The van der Waals surface area contributed by atoms with Crippen LogP contribution in [0.1, 0.15) is 28.3 Å². The maximum absolute atomic E-state index is 12.6. The number of rotatable bonds is 5. The quantitative estimate of drug-likeness (QED) is 0.510. The number of nitrogens with one attached hydrogen (secondary N) is 1. The van der Waals surface area contributed by atoms with Gasteiger partial charge < -0.3 is 5.32 Å². The fraction of sp³-hybridized carbons (Fsp3) is 0.0870. The van der Waals surface area contributed by atoms with Crippen molar-refractivity contribution in [1.29, 1.82) is 0 Å². The van der Waals surface area contributed by atoms with Crippen LogP contribution in [0.5, 0.6) is 0 Å². The Morgan fingerprint density at radius 3 is 2.26 bits per heavy atom. The summed E-state index contributed by atoms with van der Waals surface area (Å²) in [6, 6.07) is 23.0. The van der Waals surface area contributed by atoms with Crippen LogP contribution in [-0.4, -0.2) is 5.91 Å². The molecular weight excluding hydrogens is 377 g/mol. The lowest BCUT2D eigenvalue weighted by Gasteiger charge is -2.19. The van der Waals surface area contributed by atoms with Crippen LogP contribution in [0.4, 0.5) is 0 Å². The molecule has 0 fully saturated rings. The molecule has 0 saturated heterocycles. The monoisotopic (exact) mass is 395 g/mol. The summed E-state index contributed by atoms with van der Waals surface area (Å²) >= 11 is 12.1. The first kappa shape index (κ1) is 19.2. The molecule has 0 bridgehead atoms. The van der Waals surface area contributed by atoms with Crippen molar-refractivity contribution in [2.24, 2.45) is 0 Å². The van der Waals surface area contributed by atoms with Gasteiger partial charge in [-0.25, -0.2) is 0 Å². The van der Waals surface area contributed by atoms with Crippen LogP contribution in [0.2, 0.25) is 10.0 Å². The third kappa shape index (κ3) is 5.22. The predicted molar refractivity (Wildman–Crippen MR) is 113 cm³/mol. The molecule has 1 unspecified atom stereocenters. The molecule has 0 saturated carbocycles. The van der Waals surface area contributed by atoms with Gasteiger partial charge in [0, 0.05) is 16.1 Å². The second-order valence-electron chi connectivity index (χ2n) is 6.26. The van der Waals surface area contributed by atoms with Gasteiger partial charge in [0.1, 0.15) is 0 Å². The SMILES string of the molecule is Cc1ccc(C(NC(=O)/C=C/c2ccc(Cl)cc2Cl)c2ccccc2)cc1. The zero-order valence-electron chi connectivity index (χ0n) is 14.8. The van der Waals surface area contributed by atoms with Gasteiger partial charge in [-0.3, -0.25) is 4.79 Å². The smallest absolute Gasteiger partial charge is 0.244 e. The lowest BCUT2D eigenvalue weighted by Crippen LogP contribution is -2.27. The maximum atomic E-state index is 12.6. The van der Waals surface area contributed by atoms with Crippen molar-refractivity contribution in [3.8, 4) is 0 Å². The highest BCUT2D eigenvalue weighted by Crippen LogP contribution is 2.24. The summed E-state index contributed by atoms with van der Waals surface area (Å²) in [5.74, 6) is -0.199. The first-order valence-electron chi connectivity index (χ1n) is 8.58. The molecule has 1 atom stereocenters. The van der Waals surface area contributed by atoms with Crippen LogP contribution in [-0.2, 0) is 4.79 Å². The first-order valence-corrected chi connectivity index (χ1v) is 9.33. The molecular formula is C23H19Cl2NO. The summed E-state index contributed by atoms with van der Waals surface area (Å²) in [6.07, 6.45) is 3.17. The molecule has 0 aromatic heterocycles. The largest absolute Gasteiger partial charge is 0.342 e. The summed E-state index contributed by atoms with van der Waals surface area (Å²) in [5.41, 5.74) is 3.96. The van der Waals surface area contributed by atoms with E-state index in [9.17, 15) is 4.79 Å². The number of benzene rings is 3. The molecule has 3 aromatic carbocycles. The average molecular weight is 396 g/mol. The molecule has 3 aromatic rings. The third-order valence-corrected chi connectivity index (χ3v) is 4.77. The zero-order chi connectivity index (χ0) is 19.2. The fourth-order valence-corrected chi connectivity index (χ4v) is 3.23. The maximum Gasteiger partial charge on any atom is 0.244 e. The van der Waals surface area contributed by atoms with E-state index in [4.69, 9.17) is 23.2 Å². The fourth-order valence-electron chi connectivity index (χ4n) is 2.76. The van der Waals surface area contributed by atoms with Crippen molar-refractivity contribution in [1.82, 2.24) is 5.32 Å². The molecule has 2 nitrogen and oxygen atoms in total. The van der Waals surface area contributed by atoms with Gasteiger partial charge in [0.05, 0.1) is 6.04 Å². The van der Waals surface area contributed by atoms with Gasteiger partial charge in [-0.1, -0.05) is 89.4 Å². The van der Waals surface area contributed by atoms with Gasteiger partial charge in [0.2, 0.25) is 5.91 Å².